The summed E-state index contributed by atoms with van der Waals surface area (Å²) in [7, 11) is 1.61. The van der Waals surface area contributed by atoms with Crippen molar-refractivity contribution in [2.45, 2.75) is 32.7 Å². The molecular weight excluding hydrogens is 430 g/mol. The van der Waals surface area contributed by atoms with E-state index in [1.807, 2.05) is 27.8 Å². The first-order valence-corrected chi connectivity index (χ1v) is 11.9. The van der Waals surface area contributed by atoms with Crippen LogP contribution < -0.4 is 0 Å². The van der Waals surface area contributed by atoms with Crippen molar-refractivity contribution < 1.29 is 14.3 Å². The first kappa shape index (κ1) is 22.0. The summed E-state index contributed by atoms with van der Waals surface area (Å²) in [6.07, 6.45) is 6.94. The van der Waals surface area contributed by atoms with E-state index < -0.39 is 0 Å². The largest absolute Gasteiger partial charge is 0.383 e. The van der Waals surface area contributed by atoms with Crippen molar-refractivity contribution in [1.82, 2.24) is 14.4 Å². The Morgan fingerprint density at radius 2 is 2.06 bits per heavy atom. The van der Waals surface area contributed by atoms with E-state index in [-0.39, 0.29) is 11.8 Å². The van der Waals surface area contributed by atoms with Gasteiger partial charge < -0.3 is 14.2 Å². The average molecular weight is 458 g/mol. The van der Waals surface area contributed by atoms with E-state index in [9.17, 15) is 9.59 Å². The van der Waals surface area contributed by atoms with Gasteiger partial charge in [0.25, 0.3) is 5.91 Å². The predicted molar refractivity (Wildman–Crippen MR) is 129 cm³/mol. The van der Waals surface area contributed by atoms with Gasteiger partial charge in [0.15, 0.2) is 0 Å². The van der Waals surface area contributed by atoms with Gasteiger partial charge in [-0.15, -0.1) is 0 Å². The highest BCUT2D eigenvalue weighted by atomic mass is 32.2. The summed E-state index contributed by atoms with van der Waals surface area (Å²) < 4.78 is 7.70. The molecule has 31 heavy (non-hydrogen) atoms. The number of carbonyl (C=O) groups is 2. The van der Waals surface area contributed by atoms with Gasteiger partial charge in [0.05, 0.1) is 23.6 Å². The topological polar surface area (TPSA) is 54.8 Å². The Morgan fingerprint density at radius 1 is 1.29 bits per heavy atom. The van der Waals surface area contributed by atoms with E-state index in [0.29, 0.717) is 28.9 Å². The van der Waals surface area contributed by atoms with Crippen LogP contribution in [0.2, 0.25) is 0 Å². The first-order valence-electron chi connectivity index (χ1n) is 10.7. The van der Waals surface area contributed by atoms with Crippen LogP contribution in [0, 0.1) is 0 Å². The number of likely N-dealkylation sites (tertiary alicyclic amines) is 1. The molecule has 2 aliphatic rings. The third-order valence-electron chi connectivity index (χ3n) is 5.84. The SMILES string of the molecule is CCc1cccc2c(/C=C3\SC(=S)N(CCOC)C3=O)cn(CC(=O)N3CCCC3)c12. The number of thiocarbonyl (C=S) groups is 1. The molecule has 2 saturated heterocycles. The molecule has 0 saturated carbocycles. The number of thioether (sulfide) groups is 1. The Balaban J connectivity index is 1.70. The Hall–Kier alpha value is -2.16. The van der Waals surface area contributed by atoms with Crippen LogP contribution >= 0.6 is 24.0 Å². The van der Waals surface area contributed by atoms with Gasteiger partial charge in [-0.25, -0.2) is 0 Å². The standard InChI is InChI=1S/C23H27N3O3S2/c1-3-16-7-6-8-18-17(13-19-22(28)26(11-12-29-2)23(30)31-19)14-25(21(16)18)15-20(27)24-9-4-5-10-24/h6-8,13-14H,3-5,9-12,15H2,1-2H3/b19-13-. The molecule has 2 amide bonds. The molecule has 8 heteroatoms. The number of ether oxygens (including phenoxy) is 1. The minimum absolute atomic E-state index is 0.0901. The molecule has 164 valence electrons. The smallest absolute Gasteiger partial charge is 0.266 e. The number of aromatic nitrogens is 1. The lowest BCUT2D eigenvalue weighted by Gasteiger charge is -2.16. The van der Waals surface area contributed by atoms with Crippen molar-refractivity contribution >= 4 is 57.1 Å². The molecule has 0 aliphatic carbocycles. The monoisotopic (exact) mass is 457 g/mol. The molecule has 3 heterocycles. The van der Waals surface area contributed by atoms with Gasteiger partial charge in [0, 0.05) is 37.3 Å². The highest BCUT2D eigenvalue weighted by Crippen LogP contribution is 2.35. The number of nitrogens with zero attached hydrogens (tertiary/aromatic N) is 3. The molecule has 1 aromatic carbocycles. The number of aryl methyl sites for hydroxylation is 1. The van der Waals surface area contributed by atoms with Crippen LogP contribution in [-0.4, -0.2) is 63.9 Å². The molecular formula is C23H27N3O3S2. The van der Waals surface area contributed by atoms with E-state index in [4.69, 9.17) is 17.0 Å². The van der Waals surface area contributed by atoms with Gasteiger partial charge >= 0.3 is 0 Å². The molecule has 0 N–H and O–H groups in total. The van der Waals surface area contributed by atoms with Crippen LogP contribution in [0.1, 0.15) is 30.9 Å². The molecule has 0 atom stereocenters. The third kappa shape index (κ3) is 4.42. The molecule has 0 bridgehead atoms. The van der Waals surface area contributed by atoms with E-state index >= 15 is 0 Å². The first-order chi connectivity index (χ1) is 15.0. The molecule has 4 rings (SSSR count). The highest BCUT2D eigenvalue weighted by molar-refractivity contribution is 8.26. The Bertz CT molecular complexity index is 1050. The number of carbonyl (C=O) groups excluding carboxylic acids is 2. The van der Waals surface area contributed by atoms with Crippen molar-refractivity contribution in [3.8, 4) is 0 Å². The number of hydrogen-bond donors (Lipinski definition) is 0. The number of hydrogen-bond acceptors (Lipinski definition) is 5. The molecule has 0 unspecified atom stereocenters. The fourth-order valence-electron chi connectivity index (χ4n) is 4.22. The summed E-state index contributed by atoms with van der Waals surface area (Å²) in [4.78, 5) is 29.9. The van der Waals surface area contributed by atoms with Gasteiger partial charge in [-0.2, -0.15) is 0 Å². The van der Waals surface area contributed by atoms with E-state index in [1.54, 1.807) is 12.0 Å². The second kappa shape index (κ2) is 9.54. The fourth-order valence-corrected chi connectivity index (χ4v) is 5.52. The molecule has 1 aromatic heterocycles. The van der Waals surface area contributed by atoms with Crippen molar-refractivity contribution in [3.63, 3.8) is 0 Å². The Kier molecular flexibility index (Phi) is 6.79. The van der Waals surface area contributed by atoms with Crippen LogP contribution in [0.4, 0.5) is 0 Å². The van der Waals surface area contributed by atoms with Crippen LogP contribution in [0.3, 0.4) is 0 Å². The zero-order valence-corrected chi connectivity index (χ0v) is 19.6. The molecule has 0 radical (unpaired) electrons. The van der Waals surface area contributed by atoms with Crippen LogP contribution in [-0.2, 0) is 27.3 Å². The van der Waals surface area contributed by atoms with Crippen LogP contribution in [0.15, 0.2) is 29.3 Å². The Morgan fingerprint density at radius 3 is 2.77 bits per heavy atom. The maximum atomic E-state index is 12.9. The summed E-state index contributed by atoms with van der Waals surface area (Å²) in [5.74, 6) is 0.0606. The van der Waals surface area contributed by atoms with Crippen LogP contribution in [0.5, 0.6) is 0 Å². The molecule has 2 aliphatic heterocycles. The highest BCUT2D eigenvalue weighted by Gasteiger charge is 2.32. The predicted octanol–water partition coefficient (Wildman–Crippen LogP) is 3.67. The zero-order chi connectivity index (χ0) is 22.0. The maximum absolute atomic E-state index is 12.9. The van der Waals surface area contributed by atoms with Crippen molar-refractivity contribution in [2.75, 3.05) is 33.4 Å². The summed E-state index contributed by atoms with van der Waals surface area (Å²) in [6, 6.07) is 6.20. The normalized spacial score (nSPS) is 18.2. The second-order valence-corrected chi connectivity index (χ2v) is 9.47. The molecule has 0 spiro atoms. The van der Waals surface area contributed by atoms with Gasteiger partial charge in [0.2, 0.25) is 5.91 Å². The number of para-hydroxylation sites is 1. The minimum Gasteiger partial charge on any atom is -0.383 e. The Labute approximate surface area is 192 Å². The lowest BCUT2D eigenvalue weighted by molar-refractivity contribution is -0.130. The number of fused-ring (bicyclic) bond motifs is 1. The van der Waals surface area contributed by atoms with Gasteiger partial charge in [-0.3, -0.25) is 14.5 Å². The average Bonchev–Trinajstić information content (AvgIpc) is 3.47. The summed E-state index contributed by atoms with van der Waals surface area (Å²) in [5, 5.41) is 1.05. The fraction of sp³-hybridized carbons (Fsp3) is 0.435. The van der Waals surface area contributed by atoms with Crippen molar-refractivity contribution in [2.24, 2.45) is 0 Å². The van der Waals surface area contributed by atoms with E-state index in [1.165, 1.54) is 17.3 Å². The molecule has 6 nitrogen and oxygen atoms in total. The number of methoxy groups -OCH3 is 1. The lowest BCUT2D eigenvalue weighted by Crippen LogP contribution is -2.31. The third-order valence-corrected chi connectivity index (χ3v) is 7.21. The summed E-state index contributed by atoms with van der Waals surface area (Å²) in [6.45, 7) is 5.01. The van der Waals surface area contributed by atoms with Crippen LogP contribution in [0.25, 0.3) is 17.0 Å². The van der Waals surface area contributed by atoms with Gasteiger partial charge in [0.1, 0.15) is 10.9 Å². The summed E-state index contributed by atoms with van der Waals surface area (Å²) >= 11 is 6.72. The van der Waals surface area contributed by atoms with E-state index in [0.717, 1.165) is 48.8 Å². The quantitative estimate of drug-likeness (QED) is 0.469. The number of benzene rings is 1. The van der Waals surface area contributed by atoms with Gasteiger partial charge in [-0.1, -0.05) is 49.1 Å². The zero-order valence-electron chi connectivity index (χ0n) is 17.9. The minimum atomic E-state index is -0.0901. The lowest BCUT2D eigenvalue weighted by atomic mass is 10.1. The summed E-state index contributed by atoms with van der Waals surface area (Å²) in [5.41, 5.74) is 3.20. The second-order valence-electron chi connectivity index (χ2n) is 7.79. The maximum Gasteiger partial charge on any atom is 0.266 e. The number of amides is 2. The van der Waals surface area contributed by atoms with Crippen molar-refractivity contribution in [1.29, 1.82) is 0 Å². The molecule has 2 aromatic rings. The van der Waals surface area contributed by atoms with Crippen molar-refractivity contribution in [3.05, 3.63) is 40.4 Å². The number of rotatable bonds is 7. The van der Waals surface area contributed by atoms with Gasteiger partial charge in [-0.05, 0) is 30.9 Å². The van der Waals surface area contributed by atoms with E-state index in [2.05, 4.69) is 19.1 Å². The molecule has 2 fully saturated rings.